The molecule has 114 valence electrons. The summed E-state index contributed by atoms with van der Waals surface area (Å²) in [5, 5.41) is 3.53. The molecule has 1 aromatic rings. The van der Waals surface area contributed by atoms with Crippen molar-refractivity contribution >= 4 is 5.91 Å². The lowest BCUT2D eigenvalue weighted by Gasteiger charge is -2.37. The van der Waals surface area contributed by atoms with Gasteiger partial charge in [0.2, 0.25) is 0 Å². The van der Waals surface area contributed by atoms with Crippen molar-refractivity contribution in [3.63, 3.8) is 0 Å². The Labute approximate surface area is 123 Å². The van der Waals surface area contributed by atoms with Crippen molar-refractivity contribution < 1.29 is 13.6 Å². The molecule has 1 N–H and O–H groups in total. The summed E-state index contributed by atoms with van der Waals surface area (Å²) < 4.78 is 27.1. The van der Waals surface area contributed by atoms with Crippen LogP contribution in [0.5, 0.6) is 0 Å². The number of hydrogen-bond acceptors (Lipinski definition) is 2. The van der Waals surface area contributed by atoms with Gasteiger partial charge in [0.05, 0.1) is 5.56 Å². The topological polar surface area (TPSA) is 32.3 Å². The van der Waals surface area contributed by atoms with Crippen LogP contribution in [0.15, 0.2) is 18.2 Å². The number of halogens is 2. The summed E-state index contributed by atoms with van der Waals surface area (Å²) in [6, 6.07) is 4.07. The number of piperidine rings is 1. The number of amides is 1. The Balaban J connectivity index is 1.82. The predicted molar refractivity (Wildman–Crippen MR) is 76.0 cm³/mol. The van der Waals surface area contributed by atoms with Crippen LogP contribution in [-0.4, -0.2) is 35.5 Å². The van der Waals surface area contributed by atoms with Gasteiger partial charge in [-0.3, -0.25) is 4.79 Å². The molecule has 2 atom stereocenters. The lowest BCUT2D eigenvalue weighted by Crippen LogP contribution is -2.50. The zero-order valence-corrected chi connectivity index (χ0v) is 12.1. The van der Waals surface area contributed by atoms with E-state index in [9.17, 15) is 13.6 Å². The molecule has 2 unspecified atom stereocenters. The largest absolute Gasteiger partial charge is 0.336 e. The molecule has 2 aliphatic rings. The quantitative estimate of drug-likeness (QED) is 0.929. The van der Waals surface area contributed by atoms with Crippen LogP contribution in [0.3, 0.4) is 0 Å². The fourth-order valence-electron chi connectivity index (χ4n) is 3.67. The number of carbonyl (C=O) groups is 1. The van der Waals surface area contributed by atoms with E-state index in [0.717, 1.165) is 43.9 Å². The minimum Gasteiger partial charge on any atom is -0.336 e. The van der Waals surface area contributed by atoms with E-state index in [-0.39, 0.29) is 11.6 Å². The van der Waals surface area contributed by atoms with Gasteiger partial charge in [-0.25, -0.2) is 8.78 Å². The van der Waals surface area contributed by atoms with Crippen LogP contribution in [0.2, 0.25) is 0 Å². The Bertz CT molecular complexity index is 537. The van der Waals surface area contributed by atoms with Gasteiger partial charge in [-0.15, -0.1) is 0 Å². The second-order valence-electron chi connectivity index (χ2n) is 5.98. The predicted octanol–water partition coefficient (Wildman–Crippen LogP) is 2.71. The summed E-state index contributed by atoms with van der Waals surface area (Å²) in [6.45, 7) is 2.40. The Kier molecular flexibility index (Phi) is 3.93. The normalized spacial score (nSPS) is 27.7. The molecule has 2 bridgehead atoms. The van der Waals surface area contributed by atoms with Crippen LogP contribution in [-0.2, 0) is 0 Å². The van der Waals surface area contributed by atoms with Gasteiger partial charge in [-0.1, -0.05) is 0 Å². The zero-order valence-electron chi connectivity index (χ0n) is 12.1. The highest BCUT2D eigenvalue weighted by Gasteiger charge is 2.37. The molecule has 2 heterocycles. The molecule has 1 aromatic carbocycles. The van der Waals surface area contributed by atoms with Crippen molar-refractivity contribution in [1.29, 1.82) is 0 Å². The average molecular weight is 294 g/mol. The highest BCUT2D eigenvalue weighted by Crippen LogP contribution is 2.30. The van der Waals surface area contributed by atoms with E-state index in [4.69, 9.17) is 0 Å². The van der Waals surface area contributed by atoms with E-state index in [1.165, 1.54) is 0 Å². The molecule has 1 amide bonds. The molecule has 21 heavy (non-hydrogen) atoms. The molecule has 5 heteroatoms. The van der Waals surface area contributed by atoms with E-state index in [1.807, 2.05) is 6.92 Å². The molecule has 2 saturated heterocycles. The van der Waals surface area contributed by atoms with E-state index in [1.54, 1.807) is 4.90 Å². The van der Waals surface area contributed by atoms with Crippen LogP contribution < -0.4 is 5.32 Å². The van der Waals surface area contributed by atoms with Crippen LogP contribution in [0.1, 0.15) is 43.0 Å². The van der Waals surface area contributed by atoms with Gasteiger partial charge < -0.3 is 10.2 Å². The summed E-state index contributed by atoms with van der Waals surface area (Å²) in [6.07, 6.45) is 4.07. The first-order valence-electron chi connectivity index (χ1n) is 7.60. The minimum atomic E-state index is -0.656. The van der Waals surface area contributed by atoms with E-state index >= 15 is 0 Å². The van der Waals surface area contributed by atoms with Crippen molar-refractivity contribution in [2.75, 3.05) is 6.54 Å². The maximum Gasteiger partial charge on any atom is 0.257 e. The van der Waals surface area contributed by atoms with Gasteiger partial charge in [0, 0.05) is 24.7 Å². The first-order chi connectivity index (χ1) is 10.1. The minimum absolute atomic E-state index is 0.115. The molecule has 2 fully saturated rings. The molecule has 0 aliphatic carbocycles. The van der Waals surface area contributed by atoms with Gasteiger partial charge in [-0.05, 0) is 50.8 Å². The number of carbonyl (C=O) groups excluding carboxylic acids is 1. The third-order valence-corrected chi connectivity index (χ3v) is 4.65. The SMILES string of the molecule is CCN(C(=O)c1cc(F)ccc1F)C1CC2CCC(C1)N2. The third kappa shape index (κ3) is 2.79. The molecule has 0 aromatic heterocycles. The zero-order chi connectivity index (χ0) is 15.0. The van der Waals surface area contributed by atoms with Gasteiger partial charge in [0.1, 0.15) is 11.6 Å². The van der Waals surface area contributed by atoms with Crippen LogP contribution in [0.25, 0.3) is 0 Å². The molecule has 3 nitrogen and oxygen atoms in total. The molecule has 0 spiro atoms. The summed E-state index contributed by atoms with van der Waals surface area (Å²) in [7, 11) is 0. The first-order valence-corrected chi connectivity index (χ1v) is 7.60. The van der Waals surface area contributed by atoms with Crippen molar-refractivity contribution in [2.24, 2.45) is 0 Å². The standard InChI is InChI=1S/C16H20F2N2O/c1-2-20(13-8-11-4-5-12(9-13)19-11)16(21)14-7-10(17)3-6-15(14)18/h3,6-7,11-13,19H,2,4-5,8-9H2,1H3. The summed E-state index contributed by atoms with van der Waals surface area (Å²) >= 11 is 0. The van der Waals surface area contributed by atoms with Crippen LogP contribution in [0.4, 0.5) is 8.78 Å². The van der Waals surface area contributed by atoms with E-state index in [2.05, 4.69) is 5.32 Å². The third-order valence-electron chi connectivity index (χ3n) is 4.65. The Morgan fingerprint density at radius 1 is 1.29 bits per heavy atom. The molecular weight excluding hydrogens is 274 g/mol. The average Bonchev–Trinajstić information content (AvgIpc) is 2.81. The number of fused-ring (bicyclic) bond motifs is 2. The second-order valence-corrected chi connectivity index (χ2v) is 5.98. The highest BCUT2D eigenvalue weighted by molar-refractivity contribution is 5.94. The van der Waals surface area contributed by atoms with E-state index < -0.39 is 17.5 Å². The van der Waals surface area contributed by atoms with Gasteiger partial charge in [-0.2, -0.15) is 0 Å². The van der Waals surface area contributed by atoms with Crippen molar-refractivity contribution in [3.8, 4) is 0 Å². The number of benzene rings is 1. The van der Waals surface area contributed by atoms with Crippen molar-refractivity contribution in [1.82, 2.24) is 10.2 Å². The number of hydrogen-bond donors (Lipinski definition) is 1. The fourth-order valence-corrected chi connectivity index (χ4v) is 3.67. The smallest absolute Gasteiger partial charge is 0.257 e. The van der Waals surface area contributed by atoms with E-state index in [0.29, 0.717) is 18.6 Å². The molecule has 3 rings (SSSR count). The number of nitrogens with one attached hydrogen (secondary N) is 1. The molecule has 2 aliphatic heterocycles. The second kappa shape index (κ2) is 5.72. The maximum atomic E-state index is 13.8. The summed E-state index contributed by atoms with van der Waals surface area (Å²) in [4.78, 5) is 14.3. The summed E-state index contributed by atoms with van der Waals surface area (Å²) in [5.41, 5.74) is -0.164. The Morgan fingerprint density at radius 3 is 2.57 bits per heavy atom. The monoisotopic (exact) mass is 294 g/mol. The summed E-state index contributed by atoms with van der Waals surface area (Å²) in [5.74, 6) is -1.64. The van der Waals surface area contributed by atoms with Crippen molar-refractivity contribution in [2.45, 2.75) is 50.7 Å². The highest BCUT2D eigenvalue weighted by atomic mass is 19.1. The van der Waals surface area contributed by atoms with Crippen LogP contribution in [0, 0.1) is 11.6 Å². The number of rotatable bonds is 3. The fraction of sp³-hybridized carbons (Fsp3) is 0.562. The molecular formula is C16H20F2N2O. The van der Waals surface area contributed by atoms with Gasteiger partial charge >= 0.3 is 0 Å². The van der Waals surface area contributed by atoms with Gasteiger partial charge in [0.15, 0.2) is 0 Å². The lowest BCUT2D eigenvalue weighted by molar-refractivity contribution is 0.0626. The number of nitrogens with zero attached hydrogens (tertiary/aromatic N) is 1. The molecule has 0 radical (unpaired) electrons. The lowest BCUT2D eigenvalue weighted by atomic mass is 9.97. The Hall–Kier alpha value is -1.49. The van der Waals surface area contributed by atoms with Gasteiger partial charge in [0.25, 0.3) is 5.91 Å². The van der Waals surface area contributed by atoms with Crippen molar-refractivity contribution in [3.05, 3.63) is 35.4 Å². The Morgan fingerprint density at radius 2 is 1.95 bits per heavy atom. The van der Waals surface area contributed by atoms with Crippen LogP contribution >= 0.6 is 0 Å². The first kappa shape index (κ1) is 14.4. The molecule has 0 saturated carbocycles. The maximum absolute atomic E-state index is 13.8.